The van der Waals surface area contributed by atoms with Gasteiger partial charge in [0.15, 0.2) is 0 Å². The van der Waals surface area contributed by atoms with E-state index in [2.05, 4.69) is 11.9 Å². The third-order valence-corrected chi connectivity index (χ3v) is 3.91. The molecule has 0 saturated heterocycles. The quantitative estimate of drug-likeness (QED) is 0.759. The van der Waals surface area contributed by atoms with Crippen molar-refractivity contribution in [3.05, 3.63) is 42.5 Å². The Morgan fingerprint density at radius 2 is 1.91 bits per heavy atom. The monoisotopic (exact) mass is 303 g/mol. The number of aliphatic carboxylic acids is 1. The summed E-state index contributed by atoms with van der Waals surface area (Å²) >= 11 is 0. The van der Waals surface area contributed by atoms with Crippen molar-refractivity contribution in [2.75, 3.05) is 6.61 Å². The van der Waals surface area contributed by atoms with Gasteiger partial charge in [-0.15, -0.1) is 0 Å². The van der Waals surface area contributed by atoms with E-state index in [9.17, 15) is 9.59 Å². The molecule has 1 aromatic rings. The van der Waals surface area contributed by atoms with Gasteiger partial charge in [0, 0.05) is 5.56 Å². The van der Waals surface area contributed by atoms with Gasteiger partial charge in [0.2, 0.25) is 0 Å². The Hall–Kier alpha value is -2.30. The van der Waals surface area contributed by atoms with Crippen molar-refractivity contribution < 1.29 is 19.4 Å². The van der Waals surface area contributed by atoms with Crippen LogP contribution in [0.4, 0.5) is 0 Å². The minimum atomic E-state index is -0.879. The largest absolute Gasteiger partial charge is 0.490 e. The van der Waals surface area contributed by atoms with Crippen molar-refractivity contribution in [2.45, 2.75) is 37.6 Å². The van der Waals surface area contributed by atoms with E-state index in [1.165, 1.54) is 0 Å². The average molecular weight is 303 g/mol. The molecular weight excluding hydrogens is 282 g/mol. The molecule has 0 atom stereocenters. The van der Waals surface area contributed by atoms with Crippen molar-refractivity contribution >= 4 is 11.9 Å². The number of hydrogen-bond acceptors (Lipinski definition) is 3. The molecule has 1 amide bonds. The van der Waals surface area contributed by atoms with Gasteiger partial charge in [0.05, 0.1) is 12.0 Å². The fourth-order valence-electron chi connectivity index (χ4n) is 2.86. The van der Waals surface area contributed by atoms with Crippen LogP contribution in [0.1, 0.15) is 42.5 Å². The topological polar surface area (TPSA) is 75.6 Å². The van der Waals surface area contributed by atoms with Crippen LogP contribution < -0.4 is 10.1 Å². The van der Waals surface area contributed by atoms with Gasteiger partial charge in [0.1, 0.15) is 12.4 Å². The second-order valence-electron chi connectivity index (χ2n) is 5.64. The lowest BCUT2D eigenvalue weighted by Gasteiger charge is -2.28. The number of hydrogen-bond donors (Lipinski definition) is 2. The molecule has 0 aromatic heterocycles. The van der Waals surface area contributed by atoms with Crippen LogP contribution in [-0.2, 0) is 4.79 Å². The van der Waals surface area contributed by atoms with E-state index >= 15 is 0 Å². The number of carbonyl (C=O) groups is 2. The summed E-state index contributed by atoms with van der Waals surface area (Å²) in [7, 11) is 0. The van der Waals surface area contributed by atoms with Gasteiger partial charge >= 0.3 is 5.97 Å². The third kappa shape index (κ3) is 4.10. The first-order valence-corrected chi connectivity index (χ1v) is 7.43. The second-order valence-corrected chi connectivity index (χ2v) is 5.64. The Labute approximate surface area is 130 Å². The molecule has 0 heterocycles. The maximum Gasteiger partial charge on any atom is 0.305 e. The fraction of sp³-hybridized carbons (Fsp3) is 0.412. The predicted octanol–water partition coefficient (Wildman–Crippen LogP) is 2.77. The lowest BCUT2D eigenvalue weighted by Crippen LogP contribution is -2.47. The summed E-state index contributed by atoms with van der Waals surface area (Å²) in [5.74, 6) is -0.452. The molecule has 0 aliphatic heterocycles. The van der Waals surface area contributed by atoms with Crippen LogP contribution in [-0.4, -0.2) is 29.1 Å². The maximum atomic E-state index is 12.4. The summed E-state index contributed by atoms with van der Waals surface area (Å²) < 4.78 is 5.37. The van der Waals surface area contributed by atoms with E-state index in [0.29, 0.717) is 30.8 Å². The maximum absolute atomic E-state index is 12.4. The molecule has 118 valence electrons. The van der Waals surface area contributed by atoms with Crippen LogP contribution >= 0.6 is 0 Å². The first-order valence-electron chi connectivity index (χ1n) is 7.43. The molecule has 1 saturated carbocycles. The molecule has 1 aromatic carbocycles. The number of carboxylic acids is 1. The molecule has 2 N–H and O–H groups in total. The molecule has 0 unspecified atom stereocenters. The SMILES string of the molecule is C=CCOc1ccc(C(=O)NC2(CC(=O)O)CCCC2)cc1. The normalized spacial score (nSPS) is 16.0. The van der Waals surface area contributed by atoms with E-state index in [1.807, 2.05) is 0 Å². The molecule has 2 rings (SSSR count). The Balaban J connectivity index is 2.03. The van der Waals surface area contributed by atoms with E-state index in [-0.39, 0.29) is 12.3 Å². The fourth-order valence-corrected chi connectivity index (χ4v) is 2.86. The zero-order chi connectivity index (χ0) is 16.0. The standard InChI is InChI=1S/C17H21NO4/c1-2-11-22-14-7-5-13(6-8-14)16(21)18-17(12-15(19)20)9-3-4-10-17/h2,5-8H,1,3-4,9-12H2,(H,18,21)(H,19,20). The lowest BCUT2D eigenvalue weighted by molar-refractivity contribution is -0.138. The number of carbonyl (C=O) groups excluding carboxylic acids is 1. The Kier molecular flexibility index (Phi) is 5.20. The minimum absolute atomic E-state index is 0.0285. The molecule has 0 bridgehead atoms. The number of rotatable bonds is 7. The van der Waals surface area contributed by atoms with Crippen LogP contribution in [0, 0.1) is 0 Å². The molecule has 0 spiro atoms. The Morgan fingerprint density at radius 3 is 2.45 bits per heavy atom. The molecule has 5 heteroatoms. The highest BCUT2D eigenvalue weighted by Crippen LogP contribution is 2.33. The van der Waals surface area contributed by atoms with Crippen molar-refractivity contribution in [1.82, 2.24) is 5.32 Å². The zero-order valence-electron chi connectivity index (χ0n) is 12.5. The smallest absolute Gasteiger partial charge is 0.305 e. The van der Waals surface area contributed by atoms with Gasteiger partial charge in [-0.05, 0) is 37.1 Å². The van der Waals surface area contributed by atoms with Gasteiger partial charge in [-0.2, -0.15) is 0 Å². The van der Waals surface area contributed by atoms with E-state index < -0.39 is 11.5 Å². The first kappa shape index (κ1) is 16.1. The van der Waals surface area contributed by atoms with Gasteiger partial charge in [-0.3, -0.25) is 9.59 Å². The van der Waals surface area contributed by atoms with Crippen LogP contribution in [0.15, 0.2) is 36.9 Å². The Morgan fingerprint density at radius 1 is 1.27 bits per heavy atom. The van der Waals surface area contributed by atoms with Crippen molar-refractivity contribution in [3.8, 4) is 5.75 Å². The molecule has 0 radical (unpaired) electrons. The molecular formula is C17H21NO4. The van der Waals surface area contributed by atoms with Crippen LogP contribution in [0.3, 0.4) is 0 Å². The van der Waals surface area contributed by atoms with Gasteiger partial charge in [-0.1, -0.05) is 25.5 Å². The lowest BCUT2D eigenvalue weighted by atomic mass is 9.92. The Bertz CT molecular complexity index is 544. The summed E-state index contributed by atoms with van der Waals surface area (Å²) in [5, 5.41) is 12.0. The highest BCUT2D eigenvalue weighted by Gasteiger charge is 2.37. The summed E-state index contributed by atoms with van der Waals surface area (Å²) in [4.78, 5) is 23.4. The zero-order valence-corrected chi connectivity index (χ0v) is 12.5. The number of amides is 1. The molecule has 22 heavy (non-hydrogen) atoms. The first-order chi connectivity index (χ1) is 10.5. The highest BCUT2D eigenvalue weighted by atomic mass is 16.5. The molecule has 5 nitrogen and oxygen atoms in total. The van der Waals surface area contributed by atoms with E-state index in [4.69, 9.17) is 9.84 Å². The van der Waals surface area contributed by atoms with Crippen LogP contribution in [0.2, 0.25) is 0 Å². The predicted molar refractivity (Wildman–Crippen MR) is 83.1 cm³/mol. The second kappa shape index (κ2) is 7.11. The summed E-state index contributed by atoms with van der Waals surface area (Å²) in [5.41, 5.74) is -0.108. The number of nitrogens with one attached hydrogen (secondary N) is 1. The summed E-state index contributed by atoms with van der Waals surface area (Å²) in [6, 6.07) is 6.79. The van der Waals surface area contributed by atoms with Crippen LogP contribution in [0.25, 0.3) is 0 Å². The molecule has 1 aliphatic carbocycles. The minimum Gasteiger partial charge on any atom is -0.490 e. The third-order valence-electron chi connectivity index (χ3n) is 3.91. The van der Waals surface area contributed by atoms with Crippen molar-refractivity contribution in [1.29, 1.82) is 0 Å². The van der Waals surface area contributed by atoms with E-state index in [0.717, 1.165) is 12.8 Å². The van der Waals surface area contributed by atoms with Crippen molar-refractivity contribution in [2.24, 2.45) is 0 Å². The number of carboxylic acid groups (broad SMARTS) is 1. The summed E-state index contributed by atoms with van der Waals surface area (Å²) in [6.45, 7) is 3.98. The van der Waals surface area contributed by atoms with Crippen molar-refractivity contribution in [3.63, 3.8) is 0 Å². The van der Waals surface area contributed by atoms with Gasteiger partial charge in [0.25, 0.3) is 5.91 Å². The van der Waals surface area contributed by atoms with E-state index in [1.54, 1.807) is 30.3 Å². The highest BCUT2D eigenvalue weighted by molar-refractivity contribution is 5.95. The van der Waals surface area contributed by atoms with Gasteiger partial charge < -0.3 is 15.2 Å². The van der Waals surface area contributed by atoms with Gasteiger partial charge in [-0.25, -0.2) is 0 Å². The van der Waals surface area contributed by atoms with Crippen LogP contribution in [0.5, 0.6) is 5.75 Å². The number of ether oxygens (including phenoxy) is 1. The molecule has 1 fully saturated rings. The average Bonchev–Trinajstić information content (AvgIpc) is 2.92. The summed E-state index contributed by atoms with van der Waals surface area (Å²) in [6.07, 6.45) is 4.94. The molecule has 1 aliphatic rings. The number of benzene rings is 1.